The Kier molecular flexibility index (Phi) is 3.38. The Morgan fingerprint density at radius 1 is 1.54 bits per heavy atom. The maximum Gasteiger partial charge on any atom is 0.284 e. The number of hydrogen-bond donors (Lipinski definition) is 0. The number of benzene rings is 1. The first-order chi connectivity index (χ1) is 6.06. The summed E-state index contributed by atoms with van der Waals surface area (Å²) in [5.74, 6) is -0.464. The van der Waals surface area contributed by atoms with Crippen molar-refractivity contribution in [3.63, 3.8) is 0 Å². The molecule has 3 nitrogen and oxygen atoms in total. The third-order valence-corrected chi connectivity index (χ3v) is 2.70. The number of halogens is 3. The Balaban J connectivity index is 3.30. The van der Waals surface area contributed by atoms with E-state index in [1.54, 1.807) is 0 Å². The summed E-state index contributed by atoms with van der Waals surface area (Å²) in [6.45, 7) is 0. The minimum Gasteiger partial charge on any atom is -0.258 e. The summed E-state index contributed by atoms with van der Waals surface area (Å²) in [4.78, 5) is 9.88. The molecule has 0 bridgehead atoms. The molecule has 0 spiro atoms. The lowest BCUT2D eigenvalue weighted by Crippen LogP contribution is -1.94. The molecule has 0 atom stereocenters. The first kappa shape index (κ1) is 10.6. The molecule has 1 rings (SSSR count). The van der Waals surface area contributed by atoms with Crippen molar-refractivity contribution < 1.29 is 9.31 Å². The highest BCUT2D eigenvalue weighted by Crippen LogP contribution is 2.28. The molecule has 0 fully saturated rings. The van der Waals surface area contributed by atoms with Gasteiger partial charge in [-0.15, -0.1) is 0 Å². The van der Waals surface area contributed by atoms with Gasteiger partial charge < -0.3 is 0 Å². The summed E-state index contributed by atoms with van der Waals surface area (Å²) in [6.07, 6.45) is 0. The lowest BCUT2D eigenvalue weighted by Gasteiger charge is -2.00. The Hall–Kier alpha value is -0.490. The zero-order valence-corrected chi connectivity index (χ0v) is 9.43. The van der Waals surface area contributed by atoms with E-state index < -0.39 is 10.7 Å². The van der Waals surface area contributed by atoms with Crippen LogP contribution in [0.15, 0.2) is 16.6 Å². The molecule has 13 heavy (non-hydrogen) atoms. The molecule has 0 saturated heterocycles. The topological polar surface area (TPSA) is 43.1 Å². The highest BCUT2D eigenvalue weighted by molar-refractivity contribution is 9.10. The van der Waals surface area contributed by atoms with Gasteiger partial charge in [0.05, 0.1) is 9.40 Å². The van der Waals surface area contributed by atoms with Crippen molar-refractivity contribution in [1.29, 1.82) is 0 Å². The third-order valence-electron chi connectivity index (χ3n) is 1.46. The highest BCUT2D eigenvalue weighted by Gasteiger charge is 2.15. The van der Waals surface area contributed by atoms with Gasteiger partial charge in [-0.1, -0.05) is 15.9 Å². The van der Waals surface area contributed by atoms with Crippen molar-refractivity contribution >= 4 is 37.5 Å². The quantitative estimate of drug-likeness (QED) is 0.477. The molecule has 6 heteroatoms. The van der Waals surface area contributed by atoms with Crippen LogP contribution in [0.4, 0.5) is 10.1 Å². The fraction of sp³-hybridized carbons (Fsp3) is 0.143. The molecule has 0 aromatic heterocycles. The first-order valence-corrected chi connectivity index (χ1v) is 5.16. The summed E-state index contributed by atoms with van der Waals surface area (Å²) in [6, 6.07) is 2.29. The predicted octanol–water partition coefficient (Wildman–Crippen LogP) is 3.39. The van der Waals surface area contributed by atoms with Crippen molar-refractivity contribution in [2.45, 2.75) is 5.33 Å². The SMILES string of the molecule is O=[N+]([O-])c1cc(CBr)c(F)cc1Br. The zero-order valence-electron chi connectivity index (χ0n) is 6.26. The lowest BCUT2D eigenvalue weighted by atomic mass is 10.2. The van der Waals surface area contributed by atoms with Gasteiger partial charge in [0.2, 0.25) is 0 Å². The Morgan fingerprint density at radius 3 is 2.62 bits per heavy atom. The monoisotopic (exact) mass is 311 g/mol. The molecule has 1 aromatic carbocycles. The maximum absolute atomic E-state index is 13.0. The van der Waals surface area contributed by atoms with Gasteiger partial charge in [0, 0.05) is 17.0 Å². The average molecular weight is 313 g/mol. The number of hydrogen-bond acceptors (Lipinski definition) is 2. The van der Waals surface area contributed by atoms with Crippen molar-refractivity contribution in [1.82, 2.24) is 0 Å². The van der Waals surface area contributed by atoms with Gasteiger partial charge >= 0.3 is 0 Å². The number of nitro benzene ring substituents is 1. The Morgan fingerprint density at radius 2 is 2.15 bits per heavy atom. The molecule has 0 saturated carbocycles. The summed E-state index contributed by atoms with van der Waals surface area (Å²) < 4.78 is 13.2. The van der Waals surface area contributed by atoms with Gasteiger partial charge in [0.25, 0.3) is 5.69 Å². The largest absolute Gasteiger partial charge is 0.284 e. The number of rotatable bonds is 2. The van der Waals surface area contributed by atoms with Crippen LogP contribution in [-0.2, 0) is 5.33 Å². The van der Waals surface area contributed by atoms with Crippen molar-refractivity contribution in [3.8, 4) is 0 Å². The van der Waals surface area contributed by atoms with Crippen LogP contribution in [0.5, 0.6) is 0 Å². The molecule has 0 unspecified atom stereocenters. The van der Waals surface area contributed by atoms with Crippen LogP contribution < -0.4 is 0 Å². The van der Waals surface area contributed by atoms with Gasteiger partial charge in [0.1, 0.15) is 5.82 Å². The normalized spacial score (nSPS) is 10.1. The van der Waals surface area contributed by atoms with Crippen LogP contribution >= 0.6 is 31.9 Å². The van der Waals surface area contributed by atoms with Crippen molar-refractivity contribution in [3.05, 3.63) is 38.1 Å². The molecular formula is C7H4Br2FNO2. The summed E-state index contributed by atoms with van der Waals surface area (Å²) in [5.41, 5.74) is 0.144. The summed E-state index contributed by atoms with van der Waals surface area (Å²) >= 11 is 5.95. The standard InChI is InChI=1S/C7H4Br2FNO2/c8-3-4-1-7(11(12)13)5(9)2-6(4)10/h1-2H,3H2. The van der Waals surface area contributed by atoms with Crippen LogP contribution in [0, 0.1) is 15.9 Å². The molecular weight excluding hydrogens is 309 g/mol. The second-order valence-corrected chi connectivity index (χ2v) is 3.70. The minimum atomic E-state index is -0.560. The smallest absolute Gasteiger partial charge is 0.258 e. The van der Waals surface area contributed by atoms with E-state index >= 15 is 0 Å². The molecule has 0 radical (unpaired) electrons. The molecule has 0 aliphatic rings. The Bertz CT molecular complexity index is 357. The van der Waals surface area contributed by atoms with Crippen LogP contribution in [-0.4, -0.2) is 4.92 Å². The molecule has 0 aliphatic heterocycles. The second kappa shape index (κ2) is 4.15. The lowest BCUT2D eigenvalue weighted by molar-refractivity contribution is -0.385. The molecule has 0 N–H and O–H groups in total. The fourth-order valence-electron chi connectivity index (χ4n) is 0.823. The average Bonchev–Trinajstić information content (AvgIpc) is 2.03. The van der Waals surface area contributed by atoms with E-state index in [0.717, 1.165) is 6.07 Å². The number of alkyl halides is 1. The van der Waals surface area contributed by atoms with E-state index in [0.29, 0.717) is 0 Å². The van der Waals surface area contributed by atoms with Crippen LogP contribution in [0.1, 0.15) is 5.56 Å². The van der Waals surface area contributed by atoms with E-state index in [1.165, 1.54) is 6.07 Å². The molecule has 0 heterocycles. The van der Waals surface area contributed by atoms with Gasteiger partial charge in [-0.2, -0.15) is 0 Å². The summed E-state index contributed by atoms with van der Waals surface area (Å²) in [7, 11) is 0. The number of nitrogens with zero attached hydrogens (tertiary/aromatic N) is 1. The minimum absolute atomic E-state index is 0.129. The second-order valence-electron chi connectivity index (χ2n) is 2.29. The first-order valence-electron chi connectivity index (χ1n) is 3.24. The molecule has 1 aromatic rings. The zero-order chi connectivity index (χ0) is 10.0. The summed E-state index contributed by atoms with van der Waals surface area (Å²) in [5, 5.41) is 10.7. The fourth-order valence-corrected chi connectivity index (χ4v) is 1.71. The highest BCUT2D eigenvalue weighted by atomic mass is 79.9. The van der Waals surface area contributed by atoms with Gasteiger partial charge in [-0.05, 0) is 22.0 Å². The van der Waals surface area contributed by atoms with Gasteiger partial charge in [-0.25, -0.2) is 4.39 Å². The van der Waals surface area contributed by atoms with E-state index in [1.807, 2.05) is 0 Å². The van der Waals surface area contributed by atoms with Gasteiger partial charge in [0.15, 0.2) is 0 Å². The third kappa shape index (κ3) is 2.25. The van der Waals surface area contributed by atoms with E-state index in [2.05, 4.69) is 31.9 Å². The van der Waals surface area contributed by atoms with Crippen LogP contribution in [0.2, 0.25) is 0 Å². The van der Waals surface area contributed by atoms with Gasteiger partial charge in [-0.3, -0.25) is 10.1 Å². The van der Waals surface area contributed by atoms with E-state index in [-0.39, 0.29) is 21.1 Å². The molecule has 0 amide bonds. The molecule has 0 aliphatic carbocycles. The Labute approximate surface area is 90.3 Å². The molecule has 70 valence electrons. The van der Waals surface area contributed by atoms with Crippen LogP contribution in [0.25, 0.3) is 0 Å². The number of nitro groups is 1. The van der Waals surface area contributed by atoms with Crippen molar-refractivity contribution in [2.24, 2.45) is 0 Å². The van der Waals surface area contributed by atoms with E-state index in [4.69, 9.17) is 0 Å². The predicted molar refractivity (Wildman–Crippen MR) is 53.4 cm³/mol. The maximum atomic E-state index is 13.0. The van der Waals surface area contributed by atoms with Crippen LogP contribution in [0.3, 0.4) is 0 Å². The van der Waals surface area contributed by atoms with E-state index in [9.17, 15) is 14.5 Å². The van der Waals surface area contributed by atoms with Crippen molar-refractivity contribution in [2.75, 3.05) is 0 Å².